The van der Waals surface area contributed by atoms with Crippen LogP contribution in [0.5, 0.6) is 5.75 Å². The molecule has 0 saturated heterocycles. The van der Waals surface area contributed by atoms with Gasteiger partial charge in [0.05, 0.1) is 6.42 Å². The summed E-state index contributed by atoms with van der Waals surface area (Å²) >= 11 is 0. The summed E-state index contributed by atoms with van der Waals surface area (Å²) in [6.45, 7) is 1.78. The SMILES string of the molecule is O=C(Cc1ccccc1)NCCNC[C@H](O)COc1ccccc1. The number of aliphatic hydroxyl groups excluding tert-OH is 1. The van der Waals surface area contributed by atoms with Crippen LogP contribution < -0.4 is 15.4 Å². The Bertz CT molecular complexity index is 590. The molecule has 0 aliphatic rings. The lowest BCUT2D eigenvalue weighted by Gasteiger charge is -2.13. The summed E-state index contributed by atoms with van der Waals surface area (Å²) in [5, 5.41) is 15.8. The molecule has 2 aromatic rings. The third-order valence-corrected chi connectivity index (χ3v) is 3.40. The Labute approximate surface area is 142 Å². The Hall–Kier alpha value is -2.37. The third kappa shape index (κ3) is 7.26. The van der Waals surface area contributed by atoms with Gasteiger partial charge >= 0.3 is 0 Å². The fourth-order valence-electron chi connectivity index (χ4n) is 2.17. The summed E-state index contributed by atoms with van der Waals surface area (Å²) in [6, 6.07) is 19.0. The summed E-state index contributed by atoms with van der Waals surface area (Å²) in [5.41, 5.74) is 0.997. The normalized spacial score (nSPS) is 11.7. The monoisotopic (exact) mass is 328 g/mol. The topological polar surface area (TPSA) is 70.6 Å². The minimum Gasteiger partial charge on any atom is -0.491 e. The van der Waals surface area contributed by atoms with Gasteiger partial charge in [0, 0.05) is 19.6 Å². The van der Waals surface area contributed by atoms with Gasteiger partial charge in [0.15, 0.2) is 0 Å². The molecule has 0 aliphatic heterocycles. The molecule has 1 amide bonds. The minimum atomic E-state index is -0.592. The van der Waals surface area contributed by atoms with Crippen LogP contribution in [-0.2, 0) is 11.2 Å². The highest BCUT2D eigenvalue weighted by molar-refractivity contribution is 5.78. The summed E-state index contributed by atoms with van der Waals surface area (Å²) in [5.74, 6) is 0.737. The molecular formula is C19H24N2O3. The first-order valence-electron chi connectivity index (χ1n) is 8.11. The van der Waals surface area contributed by atoms with Gasteiger partial charge < -0.3 is 20.5 Å². The van der Waals surface area contributed by atoms with Gasteiger partial charge in [0.25, 0.3) is 0 Å². The lowest BCUT2D eigenvalue weighted by atomic mass is 10.1. The van der Waals surface area contributed by atoms with E-state index < -0.39 is 6.10 Å². The third-order valence-electron chi connectivity index (χ3n) is 3.40. The number of aliphatic hydroxyl groups is 1. The van der Waals surface area contributed by atoms with Crippen molar-refractivity contribution in [3.05, 3.63) is 66.2 Å². The van der Waals surface area contributed by atoms with Crippen LogP contribution in [0.2, 0.25) is 0 Å². The van der Waals surface area contributed by atoms with E-state index in [4.69, 9.17) is 4.74 Å². The van der Waals surface area contributed by atoms with E-state index in [0.717, 1.165) is 11.3 Å². The van der Waals surface area contributed by atoms with Crippen molar-refractivity contribution < 1.29 is 14.6 Å². The fourth-order valence-corrected chi connectivity index (χ4v) is 2.17. The maximum atomic E-state index is 11.8. The van der Waals surface area contributed by atoms with E-state index in [2.05, 4.69) is 10.6 Å². The van der Waals surface area contributed by atoms with Crippen molar-refractivity contribution >= 4 is 5.91 Å². The van der Waals surface area contributed by atoms with E-state index in [1.54, 1.807) is 0 Å². The van der Waals surface area contributed by atoms with Crippen LogP contribution >= 0.6 is 0 Å². The zero-order valence-electron chi connectivity index (χ0n) is 13.7. The average molecular weight is 328 g/mol. The molecule has 0 fully saturated rings. The molecule has 5 heteroatoms. The van der Waals surface area contributed by atoms with Crippen LogP contribution in [0.15, 0.2) is 60.7 Å². The number of hydrogen-bond acceptors (Lipinski definition) is 4. The number of nitrogens with one attached hydrogen (secondary N) is 2. The first-order chi connectivity index (χ1) is 11.7. The average Bonchev–Trinajstić information content (AvgIpc) is 2.61. The van der Waals surface area contributed by atoms with Crippen molar-refractivity contribution in [2.75, 3.05) is 26.2 Å². The molecule has 0 aromatic heterocycles. The van der Waals surface area contributed by atoms with Crippen LogP contribution in [0.4, 0.5) is 0 Å². The van der Waals surface area contributed by atoms with Gasteiger partial charge in [-0.1, -0.05) is 48.5 Å². The smallest absolute Gasteiger partial charge is 0.224 e. The Morgan fingerprint density at radius 2 is 1.67 bits per heavy atom. The highest BCUT2D eigenvalue weighted by atomic mass is 16.5. The molecule has 0 bridgehead atoms. The summed E-state index contributed by atoms with van der Waals surface area (Å²) < 4.78 is 5.47. The van der Waals surface area contributed by atoms with Crippen LogP contribution in [-0.4, -0.2) is 43.4 Å². The number of benzene rings is 2. The van der Waals surface area contributed by atoms with Crippen molar-refractivity contribution in [2.45, 2.75) is 12.5 Å². The molecule has 0 aliphatic carbocycles. The van der Waals surface area contributed by atoms with Gasteiger partial charge in [0.2, 0.25) is 5.91 Å². The van der Waals surface area contributed by atoms with Crippen molar-refractivity contribution in [3.63, 3.8) is 0 Å². The second-order valence-corrected chi connectivity index (χ2v) is 5.49. The number of carbonyl (C=O) groups excluding carboxylic acids is 1. The number of amides is 1. The molecule has 0 radical (unpaired) electrons. The maximum Gasteiger partial charge on any atom is 0.224 e. The van der Waals surface area contributed by atoms with E-state index in [0.29, 0.717) is 26.1 Å². The Kier molecular flexibility index (Phi) is 7.80. The van der Waals surface area contributed by atoms with Crippen LogP contribution in [0.1, 0.15) is 5.56 Å². The predicted molar refractivity (Wildman–Crippen MR) is 94.0 cm³/mol. The number of rotatable bonds is 10. The van der Waals surface area contributed by atoms with Gasteiger partial charge in [-0.3, -0.25) is 4.79 Å². The summed E-state index contributed by atoms with van der Waals surface area (Å²) in [7, 11) is 0. The lowest BCUT2D eigenvalue weighted by molar-refractivity contribution is -0.120. The van der Waals surface area contributed by atoms with Crippen molar-refractivity contribution in [2.24, 2.45) is 0 Å². The zero-order valence-corrected chi connectivity index (χ0v) is 13.7. The van der Waals surface area contributed by atoms with Crippen molar-refractivity contribution in [3.8, 4) is 5.75 Å². The van der Waals surface area contributed by atoms with Gasteiger partial charge in [-0.15, -0.1) is 0 Å². The lowest BCUT2D eigenvalue weighted by Crippen LogP contribution is -2.37. The van der Waals surface area contributed by atoms with Crippen LogP contribution in [0.3, 0.4) is 0 Å². The molecule has 0 heterocycles. The molecule has 1 atom stereocenters. The minimum absolute atomic E-state index is 0.00374. The maximum absolute atomic E-state index is 11.8. The quantitative estimate of drug-likeness (QED) is 0.576. The Balaban J connectivity index is 1.50. The number of ether oxygens (including phenoxy) is 1. The van der Waals surface area contributed by atoms with Gasteiger partial charge in [-0.25, -0.2) is 0 Å². The molecule has 0 saturated carbocycles. The first-order valence-corrected chi connectivity index (χ1v) is 8.11. The van der Waals surface area contributed by atoms with E-state index in [1.807, 2.05) is 60.7 Å². The molecule has 0 spiro atoms. The number of hydrogen-bond donors (Lipinski definition) is 3. The van der Waals surface area contributed by atoms with Crippen LogP contribution in [0, 0.1) is 0 Å². The molecule has 2 aromatic carbocycles. The van der Waals surface area contributed by atoms with E-state index in [9.17, 15) is 9.90 Å². The molecule has 128 valence electrons. The molecule has 5 nitrogen and oxygen atoms in total. The first kappa shape index (κ1) is 18.0. The number of para-hydroxylation sites is 1. The van der Waals surface area contributed by atoms with Crippen LogP contribution in [0.25, 0.3) is 0 Å². The standard InChI is InChI=1S/C19H24N2O3/c22-17(15-24-18-9-5-2-6-10-18)14-20-11-12-21-19(23)13-16-7-3-1-4-8-16/h1-10,17,20,22H,11-15H2,(H,21,23)/t17-/m0/s1. The second kappa shape index (κ2) is 10.4. The van der Waals surface area contributed by atoms with Crippen molar-refractivity contribution in [1.82, 2.24) is 10.6 Å². The van der Waals surface area contributed by atoms with Crippen molar-refractivity contribution in [1.29, 1.82) is 0 Å². The van der Waals surface area contributed by atoms with Gasteiger partial charge in [-0.2, -0.15) is 0 Å². The zero-order chi connectivity index (χ0) is 17.0. The predicted octanol–water partition coefficient (Wildman–Crippen LogP) is 1.37. The summed E-state index contributed by atoms with van der Waals surface area (Å²) in [6.07, 6.45) is -0.209. The summed E-state index contributed by atoms with van der Waals surface area (Å²) in [4.78, 5) is 11.8. The van der Waals surface area contributed by atoms with E-state index in [-0.39, 0.29) is 12.5 Å². The fraction of sp³-hybridized carbons (Fsp3) is 0.316. The highest BCUT2D eigenvalue weighted by Crippen LogP contribution is 2.08. The molecule has 3 N–H and O–H groups in total. The highest BCUT2D eigenvalue weighted by Gasteiger charge is 2.05. The Morgan fingerprint density at radius 1 is 1.00 bits per heavy atom. The largest absolute Gasteiger partial charge is 0.491 e. The van der Waals surface area contributed by atoms with E-state index >= 15 is 0 Å². The Morgan fingerprint density at radius 3 is 2.38 bits per heavy atom. The van der Waals surface area contributed by atoms with E-state index in [1.165, 1.54) is 0 Å². The molecule has 2 rings (SSSR count). The molecule has 24 heavy (non-hydrogen) atoms. The van der Waals surface area contributed by atoms with Gasteiger partial charge in [-0.05, 0) is 17.7 Å². The molecular weight excluding hydrogens is 304 g/mol. The molecule has 0 unspecified atom stereocenters. The second-order valence-electron chi connectivity index (χ2n) is 5.49. The number of carbonyl (C=O) groups is 1. The van der Waals surface area contributed by atoms with Gasteiger partial charge in [0.1, 0.15) is 18.5 Å².